The first-order chi connectivity index (χ1) is 2.00. The van der Waals surface area contributed by atoms with Crippen molar-refractivity contribution in [3.8, 4) is 0 Å². The van der Waals surface area contributed by atoms with Crippen molar-refractivity contribution in [1.29, 1.82) is 0 Å². The fraction of sp³-hybridized carbons (Fsp3) is 0. The normalized spacial score (nSPS) is 7.38. The molecule has 8 heavy (non-hydrogen) atoms. The molecule has 0 heterocycles. The van der Waals surface area contributed by atoms with Gasteiger partial charge < -0.3 is 20.1 Å². The van der Waals surface area contributed by atoms with Gasteiger partial charge in [-0.15, -0.1) is 0 Å². The molecule has 0 aromatic rings. The average molecular weight is 320 g/mol. The van der Waals surface area contributed by atoms with E-state index in [0.717, 1.165) is 0 Å². The molecule has 0 amide bonds. The molecular formula is H4BaCaClMgO3P. The van der Waals surface area contributed by atoms with Gasteiger partial charge in [0.1, 0.15) is 0 Å². The second-order valence-corrected chi connectivity index (χ2v) is 2.53. The molecule has 0 rings (SSSR count). The van der Waals surface area contributed by atoms with E-state index in [9.17, 15) is 0 Å². The summed E-state index contributed by atoms with van der Waals surface area (Å²) < 4.78 is 8.87. The van der Waals surface area contributed by atoms with Crippen molar-refractivity contribution in [3.63, 3.8) is 0 Å². The Kier molecular flexibility index (Phi) is 31.3. The standard InChI is InChI=1S/Ba.Ca.ClH2O3P.Mg.4H/c;;1-5(2,3)4;;;;;/h;;(H2,2,3,4);;;;;/q2*+2;;+2;4*-1/p-2. The summed E-state index contributed by atoms with van der Waals surface area (Å²) in [5, 5.41) is 0. The predicted molar refractivity (Wildman–Crippen MR) is 35.2 cm³/mol. The van der Waals surface area contributed by atoms with Crippen molar-refractivity contribution in [1.82, 2.24) is 0 Å². The van der Waals surface area contributed by atoms with E-state index in [-0.39, 0.29) is 115 Å². The van der Waals surface area contributed by atoms with Crippen LogP contribution in [0.5, 0.6) is 0 Å². The van der Waals surface area contributed by atoms with E-state index in [2.05, 4.69) is 11.2 Å². The van der Waals surface area contributed by atoms with Gasteiger partial charge in [-0.2, -0.15) is 0 Å². The summed E-state index contributed by atoms with van der Waals surface area (Å²) in [6, 6.07) is 0. The Labute approximate surface area is 144 Å². The van der Waals surface area contributed by atoms with Crippen LogP contribution in [0.25, 0.3) is 0 Å². The Morgan fingerprint density at radius 3 is 1.50 bits per heavy atom. The third kappa shape index (κ3) is 50.3. The van der Waals surface area contributed by atoms with Crippen molar-refractivity contribution < 1.29 is 20.1 Å². The van der Waals surface area contributed by atoms with E-state index in [1.807, 2.05) is 0 Å². The molecule has 0 aliphatic rings. The SMILES string of the molecule is O=P([O-])([O-])Cl.[Ba+2].[Ca+2].[H-].[H-].[H-].[H-].[Mg+2]. The zero-order valence-electron chi connectivity index (χ0n) is 8.17. The quantitative estimate of drug-likeness (QED) is 0.397. The number of hydrogen-bond acceptors (Lipinski definition) is 3. The minimum Gasteiger partial charge on any atom is -1.00 e. The van der Waals surface area contributed by atoms with Gasteiger partial charge in [0.25, 0.3) is 0 Å². The van der Waals surface area contributed by atoms with Crippen LogP contribution in [0.2, 0.25) is 0 Å². The molecule has 0 fully saturated rings. The molecule has 0 aromatic heterocycles. The zero-order chi connectivity index (χ0) is 4.50. The molecule has 0 radical (unpaired) electrons. The molecule has 0 spiro atoms. The van der Waals surface area contributed by atoms with Gasteiger partial charge in [-0.3, -0.25) is 0 Å². The Bertz CT molecular complexity index is 76.4. The van der Waals surface area contributed by atoms with E-state index in [1.165, 1.54) is 0 Å². The van der Waals surface area contributed by atoms with E-state index in [4.69, 9.17) is 14.4 Å². The van der Waals surface area contributed by atoms with Crippen LogP contribution in [0.1, 0.15) is 5.71 Å². The van der Waals surface area contributed by atoms with Crippen LogP contribution >= 0.6 is 18.2 Å². The van der Waals surface area contributed by atoms with Crippen LogP contribution < -0.4 is 9.79 Å². The Morgan fingerprint density at radius 1 is 1.50 bits per heavy atom. The second-order valence-electron chi connectivity index (χ2n) is 0.431. The first kappa shape index (κ1) is 22.7. The zero-order valence-corrected chi connectivity index (χ0v) is 13.9. The monoisotopic (exact) mass is 320 g/mol. The van der Waals surface area contributed by atoms with Gasteiger partial charge in [0, 0.05) is 6.95 Å². The molecule has 0 aliphatic carbocycles. The van der Waals surface area contributed by atoms with Gasteiger partial charge in [-0.1, -0.05) is 11.2 Å². The molecule has 40 valence electrons. The summed E-state index contributed by atoms with van der Waals surface area (Å²) in [4.78, 5) is 17.7. The Morgan fingerprint density at radius 2 is 1.50 bits per heavy atom. The fourth-order valence-electron chi connectivity index (χ4n) is 0. The van der Waals surface area contributed by atoms with E-state index < -0.39 is 6.95 Å². The molecule has 0 saturated carbocycles. The van der Waals surface area contributed by atoms with Crippen molar-refractivity contribution in [2.24, 2.45) is 0 Å². The van der Waals surface area contributed by atoms with Crippen LogP contribution in [-0.4, -0.2) is 110 Å². The first-order valence-electron chi connectivity index (χ1n) is 0.717. The Balaban J connectivity index is -0.00000000381. The summed E-state index contributed by atoms with van der Waals surface area (Å²) in [6.07, 6.45) is 0. The molecule has 0 N–H and O–H groups in total. The summed E-state index contributed by atoms with van der Waals surface area (Å²) in [7, 11) is 0. The number of halogens is 1. The van der Waals surface area contributed by atoms with Gasteiger partial charge in [0.2, 0.25) is 0 Å². The van der Waals surface area contributed by atoms with Gasteiger partial charge in [0.05, 0.1) is 0 Å². The first-order valence-corrected chi connectivity index (χ1v) is 3.16. The summed E-state index contributed by atoms with van der Waals surface area (Å²) >= 11 is 3.97. The van der Waals surface area contributed by atoms with Crippen LogP contribution in [0.4, 0.5) is 0 Å². The van der Waals surface area contributed by atoms with Crippen LogP contribution in [0.15, 0.2) is 0 Å². The predicted octanol–water partition coefficient (Wildman–Crippen LogP) is -1.64. The van der Waals surface area contributed by atoms with Gasteiger partial charge in [-0.25, -0.2) is 0 Å². The fourth-order valence-corrected chi connectivity index (χ4v) is 0. The van der Waals surface area contributed by atoms with Crippen molar-refractivity contribution in [2.75, 3.05) is 0 Å². The molecule has 3 nitrogen and oxygen atoms in total. The van der Waals surface area contributed by atoms with E-state index in [0.29, 0.717) is 0 Å². The van der Waals surface area contributed by atoms with Gasteiger partial charge >= 0.3 is 110 Å². The summed E-state index contributed by atoms with van der Waals surface area (Å²) in [6.45, 7) is -4.67. The van der Waals surface area contributed by atoms with Crippen molar-refractivity contribution >= 4 is 128 Å². The van der Waals surface area contributed by atoms with Crippen LogP contribution in [-0.2, 0) is 4.57 Å². The minimum absolute atomic E-state index is 0. The molecule has 8 heteroatoms. The van der Waals surface area contributed by atoms with Crippen molar-refractivity contribution in [3.05, 3.63) is 0 Å². The molecule has 0 unspecified atom stereocenters. The Hall–Kier alpha value is 4.04. The van der Waals surface area contributed by atoms with E-state index >= 15 is 0 Å². The topological polar surface area (TPSA) is 63.2 Å². The largest absolute Gasteiger partial charge is 2.00 e. The molecule has 0 atom stereocenters. The third-order valence-corrected chi connectivity index (χ3v) is 0. The number of hydrogen-bond donors (Lipinski definition) is 0. The van der Waals surface area contributed by atoms with Crippen molar-refractivity contribution in [2.45, 2.75) is 0 Å². The second kappa shape index (κ2) is 11.0. The van der Waals surface area contributed by atoms with Crippen LogP contribution in [0.3, 0.4) is 0 Å². The molecule has 0 aromatic carbocycles. The third-order valence-electron chi connectivity index (χ3n) is 0. The summed E-state index contributed by atoms with van der Waals surface area (Å²) in [5.74, 6) is 0. The molecule has 0 aliphatic heterocycles. The molecule has 0 bridgehead atoms. The maximum atomic E-state index is 8.87. The average Bonchev–Trinajstić information content (AvgIpc) is 0.722. The van der Waals surface area contributed by atoms with Crippen LogP contribution in [0, 0.1) is 0 Å². The maximum absolute atomic E-state index is 8.87. The summed E-state index contributed by atoms with van der Waals surface area (Å²) in [5.41, 5.74) is 0. The minimum atomic E-state index is -4.67. The molecule has 0 saturated heterocycles. The van der Waals surface area contributed by atoms with E-state index in [1.54, 1.807) is 0 Å². The smallest absolute Gasteiger partial charge is 1.00 e. The molecular weight excluding hydrogens is 316 g/mol. The van der Waals surface area contributed by atoms with Gasteiger partial charge in [-0.05, 0) is 0 Å². The maximum Gasteiger partial charge on any atom is 2.00 e. The number of rotatable bonds is 0. The van der Waals surface area contributed by atoms with Gasteiger partial charge in [0.15, 0.2) is 0 Å².